The standard InChI is InChI=1S/C20H18F3N3O5/c1-9-12-4-5-26(18(12)25-8-24-9)19-15(28)14(27)17(30-19)16-13-3-2-11(31-20(21,22)23)6-10(13)7-29-16/h2-6,8,14-17,19,27-28H,7H2,1H3/t14-,15+,16+,17-,19+/m0/s1. The van der Waals surface area contributed by atoms with Gasteiger partial charge in [0.05, 0.1) is 12.3 Å². The van der Waals surface area contributed by atoms with Crippen LogP contribution in [0, 0.1) is 6.92 Å². The van der Waals surface area contributed by atoms with E-state index in [4.69, 9.17) is 9.47 Å². The third kappa shape index (κ3) is 3.43. The van der Waals surface area contributed by atoms with Gasteiger partial charge >= 0.3 is 6.36 Å². The van der Waals surface area contributed by atoms with Crippen molar-refractivity contribution in [3.05, 3.63) is 53.6 Å². The Labute approximate surface area is 173 Å². The van der Waals surface area contributed by atoms with Gasteiger partial charge in [0.15, 0.2) is 6.23 Å². The number of aryl methyl sites for hydroxylation is 1. The fraction of sp³-hybridized carbons (Fsp3) is 0.400. The third-order valence-corrected chi connectivity index (χ3v) is 5.63. The van der Waals surface area contributed by atoms with Crippen LogP contribution in [0.2, 0.25) is 0 Å². The zero-order valence-electron chi connectivity index (χ0n) is 16.2. The number of hydrogen-bond acceptors (Lipinski definition) is 7. The second-order valence-electron chi connectivity index (χ2n) is 7.53. The monoisotopic (exact) mass is 437 g/mol. The normalized spacial score (nSPS) is 28.3. The highest BCUT2D eigenvalue weighted by Crippen LogP contribution is 2.44. The van der Waals surface area contributed by atoms with Gasteiger partial charge in [0, 0.05) is 11.6 Å². The number of nitrogens with zero attached hydrogens (tertiary/aromatic N) is 3. The Bertz CT molecular complexity index is 1130. The third-order valence-electron chi connectivity index (χ3n) is 5.63. The molecule has 4 heterocycles. The van der Waals surface area contributed by atoms with Crippen molar-refractivity contribution in [2.24, 2.45) is 0 Å². The van der Waals surface area contributed by atoms with Crippen LogP contribution < -0.4 is 4.74 Å². The quantitative estimate of drug-likeness (QED) is 0.650. The summed E-state index contributed by atoms with van der Waals surface area (Å²) in [5.41, 5.74) is 2.38. The molecule has 1 fully saturated rings. The van der Waals surface area contributed by atoms with Crippen molar-refractivity contribution in [2.45, 2.75) is 50.5 Å². The molecular formula is C20H18F3N3O5. The maximum Gasteiger partial charge on any atom is 0.573 e. The number of alkyl halides is 3. The molecular weight excluding hydrogens is 419 g/mol. The molecule has 164 valence electrons. The predicted octanol–water partition coefficient (Wildman–Crippen LogP) is 2.53. The van der Waals surface area contributed by atoms with E-state index in [2.05, 4.69) is 14.7 Å². The van der Waals surface area contributed by atoms with E-state index in [0.717, 1.165) is 11.1 Å². The van der Waals surface area contributed by atoms with Crippen molar-refractivity contribution in [1.82, 2.24) is 14.5 Å². The summed E-state index contributed by atoms with van der Waals surface area (Å²) in [4.78, 5) is 8.38. The van der Waals surface area contributed by atoms with Crippen molar-refractivity contribution in [3.63, 3.8) is 0 Å². The molecule has 31 heavy (non-hydrogen) atoms. The molecule has 2 aromatic heterocycles. The zero-order valence-corrected chi connectivity index (χ0v) is 16.2. The summed E-state index contributed by atoms with van der Waals surface area (Å²) in [5.74, 6) is -0.352. The van der Waals surface area contributed by atoms with Gasteiger partial charge in [0.2, 0.25) is 0 Å². The first-order valence-corrected chi connectivity index (χ1v) is 9.53. The highest BCUT2D eigenvalue weighted by atomic mass is 19.4. The van der Waals surface area contributed by atoms with Gasteiger partial charge in [0.1, 0.15) is 42.1 Å². The molecule has 2 aliphatic heterocycles. The highest BCUT2D eigenvalue weighted by Gasteiger charge is 2.50. The minimum atomic E-state index is -4.80. The van der Waals surface area contributed by atoms with Crippen molar-refractivity contribution < 1.29 is 37.6 Å². The van der Waals surface area contributed by atoms with Crippen LogP contribution in [0.5, 0.6) is 5.75 Å². The summed E-state index contributed by atoms with van der Waals surface area (Å²) in [6.07, 6.45) is -6.87. The lowest BCUT2D eigenvalue weighted by molar-refractivity contribution is -0.274. The number of ether oxygens (including phenoxy) is 3. The van der Waals surface area contributed by atoms with Crippen molar-refractivity contribution in [3.8, 4) is 5.75 Å². The first-order valence-electron chi connectivity index (χ1n) is 9.53. The molecule has 5 rings (SSSR count). The van der Waals surface area contributed by atoms with Crippen LogP contribution in [0.1, 0.15) is 29.2 Å². The molecule has 0 unspecified atom stereocenters. The molecule has 5 atom stereocenters. The van der Waals surface area contributed by atoms with Gasteiger partial charge in [-0.2, -0.15) is 0 Å². The number of aromatic nitrogens is 3. The van der Waals surface area contributed by atoms with E-state index in [-0.39, 0.29) is 12.4 Å². The van der Waals surface area contributed by atoms with Crippen LogP contribution in [0.15, 0.2) is 36.8 Å². The van der Waals surface area contributed by atoms with Gasteiger partial charge in [-0.1, -0.05) is 6.07 Å². The Hall–Kier alpha value is -2.73. The summed E-state index contributed by atoms with van der Waals surface area (Å²) in [6, 6.07) is 5.68. The van der Waals surface area contributed by atoms with Gasteiger partial charge in [-0.3, -0.25) is 0 Å². The minimum Gasteiger partial charge on any atom is -0.406 e. The van der Waals surface area contributed by atoms with Gasteiger partial charge in [-0.15, -0.1) is 13.2 Å². The molecule has 0 aliphatic carbocycles. The van der Waals surface area contributed by atoms with Gasteiger partial charge < -0.3 is 29.0 Å². The lowest BCUT2D eigenvalue weighted by atomic mass is 9.97. The number of halogens is 3. The second kappa shape index (κ2) is 7.16. The van der Waals surface area contributed by atoms with Crippen LogP contribution in [0.3, 0.4) is 0 Å². The van der Waals surface area contributed by atoms with E-state index in [1.807, 2.05) is 6.92 Å². The number of aliphatic hydroxyl groups is 2. The lowest BCUT2D eigenvalue weighted by Crippen LogP contribution is -2.34. The van der Waals surface area contributed by atoms with Crippen LogP contribution in [-0.2, 0) is 16.1 Å². The minimum absolute atomic E-state index is 0.0290. The fourth-order valence-electron chi connectivity index (χ4n) is 4.19. The van der Waals surface area contributed by atoms with E-state index >= 15 is 0 Å². The molecule has 1 saturated heterocycles. The van der Waals surface area contributed by atoms with Crippen LogP contribution in [0.25, 0.3) is 11.0 Å². The Morgan fingerprint density at radius 1 is 1.16 bits per heavy atom. The predicted molar refractivity (Wildman–Crippen MR) is 98.8 cm³/mol. The number of rotatable bonds is 3. The molecule has 2 N–H and O–H groups in total. The van der Waals surface area contributed by atoms with Crippen molar-refractivity contribution in [2.75, 3.05) is 0 Å². The number of benzene rings is 1. The number of hydrogen-bond donors (Lipinski definition) is 2. The van der Waals surface area contributed by atoms with Crippen molar-refractivity contribution >= 4 is 11.0 Å². The smallest absolute Gasteiger partial charge is 0.406 e. The molecule has 0 radical (unpaired) electrons. The van der Waals surface area contributed by atoms with Gasteiger partial charge in [-0.05, 0) is 36.2 Å². The van der Waals surface area contributed by atoms with Crippen LogP contribution in [0.4, 0.5) is 13.2 Å². The van der Waals surface area contributed by atoms with E-state index in [1.165, 1.54) is 24.5 Å². The number of fused-ring (bicyclic) bond motifs is 2. The molecule has 0 saturated carbocycles. The summed E-state index contributed by atoms with van der Waals surface area (Å²) in [5, 5.41) is 22.1. The van der Waals surface area contributed by atoms with E-state index in [9.17, 15) is 23.4 Å². The SMILES string of the molecule is Cc1ncnc2c1ccn2[C@@H]1O[C@H]([C@@H]2OCc3cc(OC(F)(F)F)ccc32)[C@@H](O)[C@H]1O. The Kier molecular flexibility index (Phi) is 4.66. The van der Waals surface area contributed by atoms with E-state index in [0.29, 0.717) is 16.8 Å². The first-order chi connectivity index (χ1) is 14.7. The summed E-state index contributed by atoms with van der Waals surface area (Å²) in [6.45, 7) is 1.86. The molecule has 0 spiro atoms. The fourth-order valence-corrected chi connectivity index (χ4v) is 4.19. The van der Waals surface area contributed by atoms with Crippen molar-refractivity contribution in [1.29, 1.82) is 0 Å². The maximum atomic E-state index is 12.5. The first kappa shape index (κ1) is 20.2. The summed E-state index contributed by atoms with van der Waals surface area (Å²) < 4.78 is 54.7. The molecule has 8 nitrogen and oxygen atoms in total. The van der Waals surface area contributed by atoms with Gasteiger partial charge in [0.25, 0.3) is 0 Å². The Balaban J connectivity index is 1.42. The Morgan fingerprint density at radius 3 is 2.74 bits per heavy atom. The van der Waals surface area contributed by atoms with Gasteiger partial charge in [-0.25, -0.2) is 9.97 Å². The number of aliphatic hydroxyl groups excluding tert-OH is 2. The molecule has 11 heteroatoms. The Morgan fingerprint density at radius 2 is 1.97 bits per heavy atom. The summed E-state index contributed by atoms with van der Waals surface area (Å²) in [7, 11) is 0. The summed E-state index contributed by atoms with van der Waals surface area (Å²) >= 11 is 0. The van der Waals surface area contributed by atoms with E-state index < -0.39 is 37.0 Å². The zero-order chi connectivity index (χ0) is 21.9. The average molecular weight is 437 g/mol. The molecule has 0 amide bonds. The highest BCUT2D eigenvalue weighted by molar-refractivity contribution is 5.78. The van der Waals surface area contributed by atoms with Crippen LogP contribution >= 0.6 is 0 Å². The topological polar surface area (TPSA) is 98.9 Å². The largest absolute Gasteiger partial charge is 0.573 e. The maximum absolute atomic E-state index is 12.5. The molecule has 0 bridgehead atoms. The molecule has 1 aromatic carbocycles. The second-order valence-corrected chi connectivity index (χ2v) is 7.53. The van der Waals surface area contributed by atoms with E-state index in [1.54, 1.807) is 16.8 Å². The average Bonchev–Trinajstić information content (AvgIpc) is 3.38. The molecule has 3 aromatic rings. The van der Waals surface area contributed by atoms with Crippen LogP contribution in [-0.4, -0.2) is 49.4 Å². The molecule has 2 aliphatic rings. The lowest BCUT2D eigenvalue weighted by Gasteiger charge is -2.22.